The maximum absolute atomic E-state index is 13.7. The highest BCUT2D eigenvalue weighted by atomic mass is 19.1. The topological polar surface area (TPSA) is 38.9 Å². The van der Waals surface area contributed by atoms with E-state index in [1.54, 1.807) is 12.3 Å². The number of rotatable bonds is 3. The standard InChI is InChI=1S/C14H21FN2/c1-2-3-10-4-5-14(16)12(8-10)11-6-7-17-9-13(11)15/h6-7,9-10,12,14H,2-5,8,16H2,1H3. The second-order valence-corrected chi connectivity index (χ2v) is 5.14. The summed E-state index contributed by atoms with van der Waals surface area (Å²) in [5.74, 6) is 0.672. The predicted molar refractivity (Wildman–Crippen MR) is 67.2 cm³/mol. The number of nitrogens with two attached hydrogens (primary N) is 1. The summed E-state index contributed by atoms with van der Waals surface area (Å²) in [7, 11) is 0. The van der Waals surface area contributed by atoms with E-state index in [4.69, 9.17) is 5.73 Å². The Morgan fingerprint density at radius 3 is 3.00 bits per heavy atom. The third-order valence-electron chi connectivity index (χ3n) is 3.91. The van der Waals surface area contributed by atoms with Crippen molar-refractivity contribution in [2.75, 3.05) is 0 Å². The largest absolute Gasteiger partial charge is 0.327 e. The summed E-state index contributed by atoms with van der Waals surface area (Å²) in [6.45, 7) is 2.20. The maximum Gasteiger partial charge on any atom is 0.145 e. The molecule has 2 N–H and O–H groups in total. The van der Waals surface area contributed by atoms with Gasteiger partial charge in [0.15, 0.2) is 0 Å². The number of pyridine rings is 1. The average Bonchev–Trinajstić information content (AvgIpc) is 2.33. The van der Waals surface area contributed by atoms with E-state index in [0.29, 0.717) is 5.92 Å². The summed E-state index contributed by atoms with van der Waals surface area (Å²) < 4.78 is 13.7. The molecule has 1 aliphatic rings. The van der Waals surface area contributed by atoms with Crippen LogP contribution in [-0.4, -0.2) is 11.0 Å². The van der Waals surface area contributed by atoms with Gasteiger partial charge in [-0.2, -0.15) is 0 Å². The molecule has 1 aliphatic carbocycles. The normalized spacial score (nSPS) is 29.2. The SMILES string of the molecule is CCCC1CCC(N)C(c2ccncc2F)C1. The molecule has 0 aliphatic heterocycles. The number of halogens is 1. The van der Waals surface area contributed by atoms with Crippen LogP contribution in [0.15, 0.2) is 18.5 Å². The summed E-state index contributed by atoms with van der Waals surface area (Å²) in [6, 6.07) is 1.88. The first kappa shape index (κ1) is 12.5. The fraction of sp³-hybridized carbons (Fsp3) is 0.643. The van der Waals surface area contributed by atoms with Crippen molar-refractivity contribution in [2.24, 2.45) is 11.7 Å². The fourth-order valence-electron chi connectivity index (χ4n) is 3.00. The van der Waals surface area contributed by atoms with Crippen LogP contribution in [-0.2, 0) is 0 Å². The predicted octanol–water partition coefficient (Wildman–Crippen LogP) is 3.23. The Morgan fingerprint density at radius 1 is 1.47 bits per heavy atom. The third kappa shape index (κ3) is 2.83. The third-order valence-corrected chi connectivity index (χ3v) is 3.91. The lowest BCUT2D eigenvalue weighted by atomic mass is 9.74. The van der Waals surface area contributed by atoms with Gasteiger partial charge in [0.1, 0.15) is 5.82 Å². The molecule has 1 aromatic heterocycles. The first-order valence-corrected chi connectivity index (χ1v) is 6.57. The second kappa shape index (κ2) is 5.58. The van der Waals surface area contributed by atoms with E-state index in [-0.39, 0.29) is 17.8 Å². The quantitative estimate of drug-likeness (QED) is 0.875. The molecule has 2 nitrogen and oxygen atoms in total. The lowest BCUT2D eigenvalue weighted by molar-refractivity contribution is 0.270. The molecule has 94 valence electrons. The molecule has 0 bridgehead atoms. The van der Waals surface area contributed by atoms with Crippen molar-refractivity contribution in [1.29, 1.82) is 0 Å². The van der Waals surface area contributed by atoms with Gasteiger partial charge in [0.2, 0.25) is 0 Å². The lowest BCUT2D eigenvalue weighted by Gasteiger charge is -2.34. The zero-order valence-electron chi connectivity index (χ0n) is 10.4. The smallest absolute Gasteiger partial charge is 0.145 e. The van der Waals surface area contributed by atoms with Gasteiger partial charge in [-0.1, -0.05) is 19.8 Å². The molecule has 2 rings (SSSR count). The van der Waals surface area contributed by atoms with Crippen LogP contribution in [0.4, 0.5) is 4.39 Å². The van der Waals surface area contributed by atoms with Crippen LogP contribution >= 0.6 is 0 Å². The van der Waals surface area contributed by atoms with Crippen molar-refractivity contribution in [3.05, 3.63) is 29.8 Å². The van der Waals surface area contributed by atoms with E-state index in [1.807, 2.05) is 0 Å². The summed E-state index contributed by atoms with van der Waals surface area (Å²) in [6.07, 6.45) is 8.62. The minimum absolute atomic E-state index is 0.0972. The molecule has 3 unspecified atom stereocenters. The van der Waals surface area contributed by atoms with Crippen molar-refractivity contribution in [1.82, 2.24) is 4.98 Å². The zero-order valence-corrected chi connectivity index (χ0v) is 10.4. The van der Waals surface area contributed by atoms with E-state index in [2.05, 4.69) is 11.9 Å². The van der Waals surface area contributed by atoms with E-state index < -0.39 is 0 Å². The zero-order chi connectivity index (χ0) is 12.3. The highest BCUT2D eigenvalue weighted by Crippen LogP contribution is 2.38. The molecule has 0 spiro atoms. The first-order valence-electron chi connectivity index (χ1n) is 6.57. The Hall–Kier alpha value is -0.960. The van der Waals surface area contributed by atoms with Gasteiger partial charge in [-0.25, -0.2) is 4.39 Å². The Kier molecular flexibility index (Phi) is 4.11. The summed E-state index contributed by atoms with van der Waals surface area (Å²) in [4.78, 5) is 3.80. The molecule has 3 atom stereocenters. The molecule has 1 fully saturated rings. The number of aromatic nitrogens is 1. The molecular weight excluding hydrogens is 215 g/mol. The number of nitrogens with zero attached hydrogens (tertiary/aromatic N) is 1. The summed E-state index contributed by atoms with van der Waals surface area (Å²) in [5, 5.41) is 0. The Bertz CT molecular complexity index is 367. The van der Waals surface area contributed by atoms with E-state index >= 15 is 0 Å². The van der Waals surface area contributed by atoms with E-state index in [0.717, 1.165) is 18.4 Å². The molecule has 1 heterocycles. The van der Waals surface area contributed by atoms with Gasteiger partial charge in [-0.15, -0.1) is 0 Å². The van der Waals surface area contributed by atoms with Gasteiger partial charge in [-0.3, -0.25) is 4.98 Å². The van der Waals surface area contributed by atoms with Crippen LogP contribution in [0.5, 0.6) is 0 Å². The molecule has 1 aromatic rings. The number of hydrogen-bond donors (Lipinski definition) is 1. The van der Waals surface area contributed by atoms with Crippen molar-refractivity contribution in [3.8, 4) is 0 Å². The van der Waals surface area contributed by atoms with E-state index in [9.17, 15) is 4.39 Å². The van der Waals surface area contributed by atoms with Gasteiger partial charge in [0.05, 0.1) is 6.20 Å². The van der Waals surface area contributed by atoms with Crippen LogP contribution < -0.4 is 5.73 Å². The second-order valence-electron chi connectivity index (χ2n) is 5.14. The Morgan fingerprint density at radius 2 is 2.29 bits per heavy atom. The van der Waals surface area contributed by atoms with Crippen LogP contribution in [0.25, 0.3) is 0 Å². The van der Waals surface area contributed by atoms with Crippen LogP contribution in [0, 0.1) is 11.7 Å². The van der Waals surface area contributed by atoms with Crippen LogP contribution in [0.3, 0.4) is 0 Å². The van der Waals surface area contributed by atoms with Crippen molar-refractivity contribution in [3.63, 3.8) is 0 Å². The van der Waals surface area contributed by atoms with Crippen molar-refractivity contribution >= 4 is 0 Å². The van der Waals surface area contributed by atoms with Gasteiger partial charge < -0.3 is 5.73 Å². The molecular formula is C14H21FN2. The maximum atomic E-state index is 13.7. The van der Waals surface area contributed by atoms with Crippen molar-refractivity contribution < 1.29 is 4.39 Å². The molecule has 17 heavy (non-hydrogen) atoms. The van der Waals surface area contributed by atoms with Crippen LogP contribution in [0.1, 0.15) is 50.5 Å². The molecule has 1 saturated carbocycles. The lowest BCUT2D eigenvalue weighted by Crippen LogP contribution is -2.35. The van der Waals surface area contributed by atoms with Gasteiger partial charge in [0, 0.05) is 18.2 Å². The van der Waals surface area contributed by atoms with E-state index in [1.165, 1.54) is 25.5 Å². The average molecular weight is 236 g/mol. The molecule has 0 amide bonds. The Labute approximate surface area is 102 Å². The minimum atomic E-state index is -0.204. The summed E-state index contributed by atoms with van der Waals surface area (Å²) in [5.41, 5.74) is 6.91. The molecule has 0 aromatic carbocycles. The molecule has 0 radical (unpaired) electrons. The molecule has 0 saturated heterocycles. The van der Waals surface area contributed by atoms with Gasteiger partial charge in [-0.05, 0) is 36.8 Å². The Balaban J connectivity index is 2.15. The first-order chi connectivity index (χ1) is 8.22. The van der Waals surface area contributed by atoms with Crippen LogP contribution in [0.2, 0.25) is 0 Å². The fourth-order valence-corrected chi connectivity index (χ4v) is 3.00. The minimum Gasteiger partial charge on any atom is -0.327 e. The summed E-state index contributed by atoms with van der Waals surface area (Å²) >= 11 is 0. The van der Waals surface area contributed by atoms with Gasteiger partial charge in [0.25, 0.3) is 0 Å². The highest BCUT2D eigenvalue weighted by molar-refractivity contribution is 5.21. The van der Waals surface area contributed by atoms with Crippen molar-refractivity contribution in [2.45, 2.75) is 51.0 Å². The van der Waals surface area contributed by atoms with Gasteiger partial charge >= 0.3 is 0 Å². The molecule has 3 heteroatoms. The monoisotopic (exact) mass is 236 g/mol. The number of hydrogen-bond acceptors (Lipinski definition) is 2. The highest BCUT2D eigenvalue weighted by Gasteiger charge is 2.30.